The van der Waals surface area contributed by atoms with E-state index in [1.165, 1.54) is 92.2 Å². The summed E-state index contributed by atoms with van der Waals surface area (Å²) in [4.78, 5) is 2.44. The van der Waals surface area contributed by atoms with Crippen LogP contribution in [0.25, 0.3) is 81.0 Å². The summed E-state index contributed by atoms with van der Waals surface area (Å²) in [7, 11) is 0. The number of para-hydroxylation sites is 2. The molecule has 0 aliphatic heterocycles. The van der Waals surface area contributed by atoms with Crippen molar-refractivity contribution in [3.05, 3.63) is 217 Å². The number of rotatable bonds is 6. The molecule has 3 heteroatoms. The average molecular weight is 785 g/mol. The van der Waals surface area contributed by atoms with Gasteiger partial charge in [0.05, 0.1) is 11.0 Å². The molecule has 1 aliphatic rings. The van der Waals surface area contributed by atoms with Crippen molar-refractivity contribution in [1.82, 2.24) is 4.57 Å². The molecule has 0 saturated heterocycles. The zero-order valence-corrected chi connectivity index (χ0v) is 34.2. The highest BCUT2D eigenvalue weighted by Crippen LogP contribution is 2.52. The lowest BCUT2D eigenvalue weighted by molar-refractivity contribution is 0.660. The molecule has 284 valence electrons. The van der Waals surface area contributed by atoms with Crippen molar-refractivity contribution in [3.63, 3.8) is 0 Å². The molecule has 11 aromatic rings. The molecule has 0 unspecified atom stereocenters. The second-order valence-corrected chi connectivity index (χ2v) is 17.6. The van der Waals surface area contributed by atoms with Crippen LogP contribution in [0.1, 0.15) is 25.0 Å². The fourth-order valence-electron chi connectivity index (χ4n) is 9.79. The van der Waals surface area contributed by atoms with Crippen molar-refractivity contribution >= 4 is 70.4 Å². The minimum absolute atomic E-state index is 0.208. The Labute approximate surface area is 353 Å². The van der Waals surface area contributed by atoms with Gasteiger partial charge < -0.3 is 9.47 Å². The van der Waals surface area contributed by atoms with Gasteiger partial charge in [0.2, 0.25) is 0 Å². The van der Waals surface area contributed by atoms with Gasteiger partial charge in [-0.1, -0.05) is 135 Å². The van der Waals surface area contributed by atoms with E-state index in [4.69, 9.17) is 0 Å². The lowest BCUT2D eigenvalue weighted by Gasteiger charge is -2.28. The number of anilines is 3. The summed E-state index contributed by atoms with van der Waals surface area (Å²) in [5, 5.41) is 5.14. The van der Waals surface area contributed by atoms with Gasteiger partial charge in [-0.25, -0.2) is 0 Å². The van der Waals surface area contributed by atoms with Crippen LogP contribution >= 0.6 is 11.3 Å². The molecular formula is C57H40N2S. The molecule has 2 nitrogen and oxygen atoms in total. The Morgan fingerprint density at radius 1 is 0.383 bits per heavy atom. The highest BCUT2D eigenvalue weighted by Gasteiger charge is 2.36. The predicted molar refractivity (Wildman–Crippen MR) is 257 cm³/mol. The lowest BCUT2D eigenvalue weighted by atomic mass is 9.81. The number of benzene rings is 9. The molecule has 0 atom stereocenters. The molecule has 12 rings (SSSR count). The monoisotopic (exact) mass is 784 g/mol. The number of hydrogen-bond acceptors (Lipinski definition) is 2. The van der Waals surface area contributed by atoms with Crippen molar-refractivity contribution in [2.45, 2.75) is 19.3 Å². The highest BCUT2D eigenvalue weighted by atomic mass is 32.1. The fourth-order valence-corrected chi connectivity index (χ4v) is 10.9. The molecule has 0 spiro atoms. The van der Waals surface area contributed by atoms with Crippen molar-refractivity contribution < 1.29 is 0 Å². The van der Waals surface area contributed by atoms with E-state index in [9.17, 15) is 0 Å². The standard InChI is InChI=1S/C57H40N2S/c1-57(2)51-34-40(39-24-31-54-49(33-39)47-17-9-11-19-53(47)59(54)41-15-7-4-8-16-41)23-29-45(51)46-30-27-44(36-52(46)57)58(42-25-21-38(22-26-42)37-13-5-3-6-14-37)43-28-32-56-50(35-43)48-18-10-12-20-55(48)60-56/h3-36H,1-2H3. The first-order valence-corrected chi connectivity index (χ1v) is 21.6. The van der Waals surface area contributed by atoms with Gasteiger partial charge in [-0.05, 0) is 129 Å². The van der Waals surface area contributed by atoms with E-state index in [1.807, 2.05) is 11.3 Å². The zero-order chi connectivity index (χ0) is 40.0. The normalized spacial score (nSPS) is 13.0. The van der Waals surface area contributed by atoms with Crippen molar-refractivity contribution in [2.75, 3.05) is 4.90 Å². The summed E-state index contributed by atoms with van der Waals surface area (Å²) in [5.41, 5.74) is 17.1. The lowest BCUT2D eigenvalue weighted by Crippen LogP contribution is -2.16. The number of thiophene rings is 1. The van der Waals surface area contributed by atoms with Gasteiger partial charge in [0.25, 0.3) is 0 Å². The largest absolute Gasteiger partial charge is 0.310 e. The molecule has 0 saturated carbocycles. The van der Waals surface area contributed by atoms with Gasteiger partial charge in [-0.15, -0.1) is 11.3 Å². The maximum absolute atomic E-state index is 2.45. The topological polar surface area (TPSA) is 8.17 Å². The van der Waals surface area contributed by atoms with Crippen LogP contribution in [0.3, 0.4) is 0 Å². The van der Waals surface area contributed by atoms with Crippen LogP contribution in [0.15, 0.2) is 206 Å². The van der Waals surface area contributed by atoms with Crippen LogP contribution in [0.4, 0.5) is 17.1 Å². The summed E-state index contributed by atoms with van der Waals surface area (Å²) >= 11 is 1.86. The molecule has 1 aliphatic carbocycles. The summed E-state index contributed by atoms with van der Waals surface area (Å²) in [6.07, 6.45) is 0. The third kappa shape index (κ3) is 5.40. The minimum atomic E-state index is -0.208. The Morgan fingerprint density at radius 3 is 1.75 bits per heavy atom. The number of fused-ring (bicyclic) bond motifs is 9. The maximum Gasteiger partial charge on any atom is 0.0541 e. The van der Waals surface area contributed by atoms with E-state index >= 15 is 0 Å². The maximum atomic E-state index is 2.45. The molecule has 0 bridgehead atoms. The van der Waals surface area contributed by atoms with E-state index in [0.717, 1.165) is 17.1 Å². The Bertz CT molecular complexity index is 3450. The van der Waals surface area contributed by atoms with Crippen LogP contribution in [0, 0.1) is 0 Å². The number of nitrogens with zero attached hydrogens (tertiary/aromatic N) is 2. The molecule has 9 aromatic carbocycles. The second-order valence-electron chi connectivity index (χ2n) is 16.6. The average Bonchev–Trinajstić information content (AvgIpc) is 3.92. The summed E-state index contributed by atoms with van der Waals surface area (Å²) < 4.78 is 5.01. The minimum Gasteiger partial charge on any atom is -0.310 e. The SMILES string of the molecule is CC1(C)c2cc(-c3ccc4c(c3)c3ccccc3n4-c3ccccc3)ccc2-c2ccc(N(c3ccc(-c4ccccc4)cc3)c3ccc4sc5ccccc5c4c3)cc21. The number of hydrogen-bond donors (Lipinski definition) is 0. The Hall–Kier alpha value is -7.20. The fraction of sp³-hybridized carbons (Fsp3) is 0.0526. The number of aromatic nitrogens is 1. The molecule has 0 fully saturated rings. The summed E-state index contributed by atoms with van der Waals surface area (Å²) in [6.45, 7) is 4.79. The van der Waals surface area contributed by atoms with Crippen molar-refractivity contribution in [1.29, 1.82) is 0 Å². The molecule has 60 heavy (non-hydrogen) atoms. The van der Waals surface area contributed by atoms with Gasteiger partial charge in [0.15, 0.2) is 0 Å². The van der Waals surface area contributed by atoms with E-state index in [-0.39, 0.29) is 5.41 Å². The molecule has 0 amide bonds. The predicted octanol–water partition coefficient (Wildman–Crippen LogP) is 16.3. The van der Waals surface area contributed by atoms with E-state index in [1.54, 1.807) is 0 Å². The van der Waals surface area contributed by atoms with Crippen LogP contribution in [0.5, 0.6) is 0 Å². The van der Waals surface area contributed by atoms with E-state index in [2.05, 4.69) is 230 Å². The Kier molecular flexibility index (Phi) is 7.79. The second kappa shape index (κ2) is 13.4. The van der Waals surface area contributed by atoms with Gasteiger partial charge in [-0.3, -0.25) is 0 Å². The molecule has 0 N–H and O–H groups in total. The quantitative estimate of drug-likeness (QED) is 0.163. The Morgan fingerprint density at radius 2 is 0.933 bits per heavy atom. The zero-order valence-electron chi connectivity index (χ0n) is 33.4. The molecule has 2 heterocycles. The van der Waals surface area contributed by atoms with Crippen LogP contribution in [-0.4, -0.2) is 4.57 Å². The highest BCUT2D eigenvalue weighted by molar-refractivity contribution is 7.25. The van der Waals surface area contributed by atoms with E-state index < -0.39 is 0 Å². The molecular weight excluding hydrogens is 745 g/mol. The van der Waals surface area contributed by atoms with Crippen LogP contribution in [0.2, 0.25) is 0 Å². The smallest absolute Gasteiger partial charge is 0.0541 e. The first-order chi connectivity index (χ1) is 29.5. The Balaban J connectivity index is 0.960. The van der Waals surface area contributed by atoms with Crippen LogP contribution in [-0.2, 0) is 5.41 Å². The van der Waals surface area contributed by atoms with Gasteiger partial charge in [-0.2, -0.15) is 0 Å². The van der Waals surface area contributed by atoms with Crippen molar-refractivity contribution in [3.8, 4) is 39.1 Å². The van der Waals surface area contributed by atoms with Gasteiger partial charge in [0.1, 0.15) is 0 Å². The van der Waals surface area contributed by atoms with Crippen LogP contribution < -0.4 is 4.90 Å². The first-order valence-electron chi connectivity index (χ1n) is 20.7. The van der Waals surface area contributed by atoms with E-state index in [0.29, 0.717) is 0 Å². The summed E-state index contributed by atoms with van der Waals surface area (Å²) in [5.74, 6) is 0. The van der Waals surface area contributed by atoms with Crippen molar-refractivity contribution in [2.24, 2.45) is 0 Å². The third-order valence-electron chi connectivity index (χ3n) is 12.8. The molecule has 0 radical (unpaired) electrons. The summed E-state index contributed by atoms with van der Waals surface area (Å²) in [6, 6.07) is 76.1. The first kappa shape index (κ1) is 34.8. The molecule has 2 aromatic heterocycles. The van der Waals surface area contributed by atoms with Gasteiger partial charge in [0, 0.05) is 59.1 Å². The third-order valence-corrected chi connectivity index (χ3v) is 13.9. The van der Waals surface area contributed by atoms with Gasteiger partial charge >= 0.3 is 0 Å².